The fraction of sp³-hybridized carbons (Fsp3) is 0.250. The smallest absolute Gasteiger partial charge is 0.230 e. The minimum absolute atomic E-state index is 0.0830. The van der Waals surface area contributed by atoms with Crippen LogP contribution in [0.4, 0.5) is 4.39 Å². The van der Waals surface area contributed by atoms with Gasteiger partial charge in [0.2, 0.25) is 5.91 Å². The van der Waals surface area contributed by atoms with E-state index in [4.69, 9.17) is 16.3 Å². The van der Waals surface area contributed by atoms with Crippen LogP contribution in [0.15, 0.2) is 53.7 Å². The molecule has 1 heterocycles. The van der Waals surface area contributed by atoms with Crippen LogP contribution in [0.1, 0.15) is 18.3 Å². The van der Waals surface area contributed by atoms with E-state index in [0.717, 1.165) is 5.56 Å². The number of nitrogens with zero attached hydrogens (tertiary/aromatic N) is 3. The number of carbonyl (C=O) groups is 1. The molecule has 0 aliphatic carbocycles. The van der Waals surface area contributed by atoms with Crippen LogP contribution < -0.4 is 10.1 Å². The second-order valence-corrected chi connectivity index (χ2v) is 7.41. The van der Waals surface area contributed by atoms with Gasteiger partial charge in [-0.15, -0.1) is 10.2 Å². The molecular weight excluding hydrogens is 415 g/mol. The van der Waals surface area contributed by atoms with E-state index in [9.17, 15) is 9.18 Å². The molecule has 0 aliphatic heterocycles. The molecule has 29 heavy (non-hydrogen) atoms. The van der Waals surface area contributed by atoms with Crippen LogP contribution in [0.2, 0.25) is 5.02 Å². The highest BCUT2D eigenvalue weighted by Crippen LogP contribution is 2.26. The van der Waals surface area contributed by atoms with Crippen LogP contribution in [0.25, 0.3) is 0 Å². The van der Waals surface area contributed by atoms with Crippen molar-refractivity contribution in [2.24, 2.45) is 0 Å². The van der Waals surface area contributed by atoms with E-state index in [-0.39, 0.29) is 23.3 Å². The summed E-state index contributed by atoms with van der Waals surface area (Å²) in [6.07, 6.45) is 0. The number of carbonyl (C=O) groups excluding carboxylic acids is 1. The highest BCUT2D eigenvalue weighted by molar-refractivity contribution is 7.99. The highest BCUT2D eigenvalue weighted by atomic mass is 35.5. The fourth-order valence-corrected chi connectivity index (χ4v) is 3.64. The molecule has 0 spiro atoms. The number of rotatable bonds is 9. The van der Waals surface area contributed by atoms with Crippen LogP contribution >= 0.6 is 23.4 Å². The van der Waals surface area contributed by atoms with Crippen molar-refractivity contribution in [3.05, 3.63) is 70.8 Å². The minimum Gasteiger partial charge on any atom is -0.484 e. The van der Waals surface area contributed by atoms with E-state index in [2.05, 4.69) is 15.5 Å². The molecule has 1 aromatic heterocycles. The molecule has 0 aliphatic rings. The van der Waals surface area contributed by atoms with Crippen LogP contribution in [0.5, 0.6) is 5.75 Å². The summed E-state index contributed by atoms with van der Waals surface area (Å²) in [7, 11) is 0. The quantitative estimate of drug-likeness (QED) is 0.514. The number of thioether (sulfide) groups is 1. The lowest BCUT2D eigenvalue weighted by molar-refractivity contribution is -0.118. The first kappa shape index (κ1) is 21.1. The molecule has 0 atom stereocenters. The maximum atomic E-state index is 13.1. The Kier molecular flexibility index (Phi) is 7.48. The van der Waals surface area contributed by atoms with Crippen LogP contribution in [-0.4, -0.2) is 26.4 Å². The number of hydrogen-bond acceptors (Lipinski definition) is 5. The predicted octanol–water partition coefficient (Wildman–Crippen LogP) is 4.08. The van der Waals surface area contributed by atoms with Gasteiger partial charge in [-0.25, -0.2) is 4.39 Å². The summed E-state index contributed by atoms with van der Waals surface area (Å²) >= 11 is 7.29. The average Bonchev–Trinajstić information content (AvgIpc) is 3.12. The van der Waals surface area contributed by atoms with E-state index in [0.29, 0.717) is 29.8 Å². The molecule has 3 rings (SSSR count). The van der Waals surface area contributed by atoms with Crippen LogP contribution in [0, 0.1) is 5.82 Å². The molecule has 0 unspecified atom stereocenters. The Bertz CT molecular complexity index is 968. The van der Waals surface area contributed by atoms with Crippen molar-refractivity contribution in [3.8, 4) is 5.75 Å². The van der Waals surface area contributed by atoms with Gasteiger partial charge >= 0.3 is 0 Å². The van der Waals surface area contributed by atoms with E-state index in [1.54, 1.807) is 0 Å². The monoisotopic (exact) mass is 434 g/mol. The topological polar surface area (TPSA) is 69.0 Å². The largest absolute Gasteiger partial charge is 0.484 e. The standard InChI is InChI=1S/C20H20ClFN4O2S/c1-2-26-18(12-28-17-9-8-15(22)10-16(17)21)24-25-20(26)29-13-19(27)23-11-14-6-4-3-5-7-14/h3-10H,2,11-13H2,1H3,(H,23,27). The molecule has 0 saturated carbocycles. The summed E-state index contributed by atoms with van der Waals surface area (Å²) in [5.41, 5.74) is 1.04. The molecule has 152 valence electrons. The first-order valence-corrected chi connectivity index (χ1v) is 10.4. The second kappa shape index (κ2) is 10.3. The normalized spacial score (nSPS) is 10.7. The number of benzene rings is 2. The molecule has 0 saturated heterocycles. The summed E-state index contributed by atoms with van der Waals surface area (Å²) < 4.78 is 20.6. The summed E-state index contributed by atoms with van der Waals surface area (Å²) in [6, 6.07) is 13.7. The van der Waals surface area contributed by atoms with Crippen molar-refractivity contribution in [2.45, 2.75) is 31.8 Å². The van der Waals surface area contributed by atoms with Gasteiger partial charge in [0.1, 0.15) is 18.2 Å². The minimum atomic E-state index is -0.427. The van der Waals surface area contributed by atoms with Crippen molar-refractivity contribution in [3.63, 3.8) is 0 Å². The van der Waals surface area contributed by atoms with E-state index >= 15 is 0 Å². The van der Waals surface area contributed by atoms with E-state index < -0.39 is 5.82 Å². The van der Waals surface area contributed by atoms with E-state index in [1.165, 1.54) is 30.0 Å². The molecular formula is C20H20ClFN4O2S. The number of amides is 1. The molecule has 0 radical (unpaired) electrons. The number of halogens is 2. The van der Waals surface area contributed by atoms with Crippen molar-refractivity contribution in [1.82, 2.24) is 20.1 Å². The van der Waals surface area contributed by atoms with Gasteiger partial charge < -0.3 is 14.6 Å². The van der Waals surface area contributed by atoms with Gasteiger partial charge in [0.25, 0.3) is 0 Å². The summed E-state index contributed by atoms with van der Waals surface area (Å²) in [5, 5.41) is 12.0. The first-order valence-electron chi connectivity index (χ1n) is 9.00. The first-order chi connectivity index (χ1) is 14.1. The molecule has 6 nitrogen and oxygen atoms in total. The van der Waals surface area contributed by atoms with Gasteiger partial charge in [-0.05, 0) is 30.7 Å². The number of nitrogens with one attached hydrogen (secondary N) is 1. The van der Waals surface area contributed by atoms with Gasteiger partial charge in [-0.1, -0.05) is 53.7 Å². The van der Waals surface area contributed by atoms with Gasteiger partial charge in [-0.2, -0.15) is 0 Å². The van der Waals surface area contributed by atoms with Gasteiger partial charge in [0.05, 0.1) is 10.8 Å². The van der Waals surface area contributed by atoms with E-state index in [1.807, 2.05) is 41.8 Å². The van der Waals surface area contributed by atoms with Gasteiger partial charge in [-0.3, -0.25) is 4.79 Å². The third-order valence-corrected chi connectivity index (χ3v) is 5.29. The van der Waals surface area contributed by atoms with Gasteiger partial charge in [0.15, 0.2) is 11.0 Å². The third-order valence-electron chi connectivity index (χ3n) is 4.03. The van der Waals surface area contributed by atoms with Crippen molar-refractivity contribution in [1.29, 1.82) is 0 Å². The van der Waals surface area contributed by atoms with Crippen LogP contribution in [-0.2, 0) is 24.5 Å². The molecule has 2 aromatic carbocycles. The Morgan fingerprint density at radius 1 is 1.24 bits per heavy atom. The zero-order valence-electron chi connectivity index (χ0n) is 15.8. The Morgan fingerprint density at radius 3 is 2.76 bits per heavy atom. The van der Waals surface area contributed by atoms with Crippen molar-refractivity contribution < 1.29 is 13.9 Å². The lowest BCUT2D eigenvalue weighted by Gasteiger charge is -2.10. The van der Waals surface area contributed by atoms with Crippen molar-refractivity contribution >= 4 is 29.3 Å². The zero-order chi connectivity index (χ0) is 20.6. The second-order valence-electron chi connectivity index (χ2n) is 6.06. The van der Waals surface area contributed by atoms with Crippen molar-refractivity contribution in [2.75, 3.05) is 5.75 Å². The maximum Gasteiger partial charge on any atom is 0.230 e. The fourth-order valence-electron chi connectivity index (χ4n) is 2.56. The third kappa shape index (κ3) is 5.95. The molecule has 0 fully saturated rings. The predicted molar refractivity (Wildman–Crippen MR) is 110 cm³/mol. The molecule has 1 amide bonds. The Morgan fingerprint density at radius 2 is 2.03 bits per heavy atom. The summed E-state index contributed by atoms with van der Waals surface area (Å²) in [6.45, 7) is 3.19. The number of hydrogen-bond donors (Lipinski definition) is 1. The lowest BCUT2D eigenvalue weighted by Crippen LogP contribution is -2.24. The Labute approximate surface area is 177 Å². The Balaban J connectivity index is 1.54. The van der Waals surface area contributed by atoms with Crippen LogP contribution in [0.3, 0.4) is 0 Å². The SMILES string of the molecule is CCn1c(COc2ccc(F)cc2Cl)nnc1SCC(=O)NCc1ccccc1. The Hall–Kier alpha value is -2.58. The summed E-state index contributed by atoms with van der Waals surface area (Å²) in [5.74, 6) is 0.687. The highest BCUT2D eigenvalue weighted by Gasteiger charge is 2.14. The van der Waals surface area contributed by atoms with Gasteiger partial charge in [0, 0.05) is 13.1 Å². The maximum absolute atomic E-state index is 13.1. The number of ether oxygens (including phenoxy) is 1. The molecule has 0 bridgehead atoms. The lowest BCUT2D eigenvalue weighted by atomic mass is 10.2. The molecule has 1 N–H and O–H groups in total. The zero-order valence-corrected chi connectivity index (χ0v) is 17.3. The summed E-state index contributed by atoms with van der Waals surface area (Å²) in [4.78, 5) is 12.1. The number of aromatic nitrogens is 3. The molecule has 3 aromatic rings. The molecule has 9 heteroatoms. The average molecular weight is 435 g/mol.